The normalized spacial score (nSPS) is 22.3. The number of halogens is 3. The van der Waals surface area contributed by atoms with Gasteiger partial charge in [-0.3, -0.25) is 48.0 Å². The highest BCUT2D eigenvalue weighted by atomic mass is 19.4. The third-order valence-corrected chi connectivity index (χ3v) is 14.6. The number of nitrogens with zero attached hydrogens (tertiary/aromatic N) is 4. The number of hydrogen-bond acceptors (Lipinski definition) is 10. The highest BCUT2D eigenvalue weighted by Gasteiger charge is 2.45. The molecule has 8 N–H and O–H groups in total. The molecule has 8 rings (SSSR count). The number of aromatic nitrogens is 2. The van der Waals surface area contributed by atoms with Crippen molar-refractivity contribution in [1.82, 2.24) is 34.9 Å². The van der Waals surface area contributed by atoms with Crippen molar-refractivity contribution < 1.29 is 56.6 Å². The summed E-state index contributed by atoms with van der Waals surface area (Å²) < 4.78 is 34.8. The van der Waals surface area contributed by atoms with Crippen molar-refractivity contribution in [2.75, 3.05) is 13.1 Å². The van der Waals surface area contributed by atoms with Crippen LogP contribution in [0.2, 0.25) is 0 Å². The molecule has 3 aromatic carbocycles. The van der Waals surface area contributed by atoms with Crippen molar-refractivity contribution in [2.24, 2.45) is 24.4 Å². The van der Waals surface area contributed by atoms with Gasteiger partial charge in [-0.15, -0.1) is 0 Å². The SMILES string of the molecule is Cn1c(=O)n(C2CCC(=O)NC2=O)c2ccc(C3CC(CCCCC(=O)N4CC[C@H]5CC[C@@H](C(=O)NC(CCC(N)=O)C(=O)NC(c6ccccc6)c6ccccc6)N5C(=O)[C@@H](N)C4)C3)cc21.O=C(O)C(F)(F)F. The number of hydrogen-bond donors (Lipinski definition) is 6. The Kier molecular flexibility index (Phi) is 17.4. The summed E-state index contributed by atoms with van der Waals surface area (Å²) in [6.45, 7) is 0.437. The second kappa shape index (κ2) is 23.7. The molecule has 0 bridgehead atoms. The molecule has 396 valence electrons. The van der Waals surface area contributed by atoms with Gasteiger partial charge in [0.2, 0.25) is 41.4 Å². The van der Waals surface area contributed by atoms with E-state index in [1.54, 1.807) is 21.4 Å². The van der Waals surface area contributed by atoms with Crippen LogP contribution in [-0.2, 0) is 45.4 Å². The third kappa shape index (κ3) is 12.9. The van der Waals surface area contributed by atoms with E-state index in [1.807, 2.05) is 78.9 Å². The fourth-order valence-corrected chi connectivity index (χ4v) is 10.6. The van der Waals surface area contributed by atoms with E-state index in [0.29, 0.717) is 56.0 Å². The zero-order chi connectivity index (χ0) is 53.4. The minimum Gasteiger partial charge on any atom is -0.475 e. The van der Waals surface area contributed by atoms with Gasteiger partial charge >= 0.3 is 17.8 Å². The highest BCUT2D eigenvalue weighted by Crippen LogP contribution is 2.45. The van der Waals surface area contributed by atoms with Crippen LogP contribution in [0.3, 0.4) is 0 Å². The molecule has 4 aliphatic rings. The second-order valence-electron chi connectivity index (χ2n) is 19.6. The molecule has 1 aliphatic carbocycles. The zero-order valence-electron chi connectivity index (χ0n) is 40.9. The number of amides is 7. The number of alkyl halides is 3. The summed E-state index contributed by atoms with van der Waals surface area (Å²) in [5.41, 5.74) is 15.9. The molecule has 0 radical (unpaired) electrons. The molecule has 1 aromatic heterocycles. The lowest BCUT2D eigenvalue weighted by Crippen LogP contribution is -2.60. The van der Waals surface area contributed by atoms with Gasteiger partial charge in [-0.05, 0) is 92.0 Å². The lowest BCUT2D eigenvalue weighted by atomic mass is 9.69. The number of carboxylic acids is 1. The first-order chi connectivity index (χ1) is 35.2. The minimum absolute atomic E-state index is 0.0294. The molecule has 4 heterocycles. The zero-order valence-corrected chi connectivity index (χ0v) is 40.9. The van der Waals surface area contributed by atoms with Gasteiger partial charge in [0.25, 0.3) is 0 Å². The first kappa shape index (κ1) is 54.4. The van der Waals surface area contributed by atoms with Crippen LogP contribution in [0.1, 0.15) is 118 Å². The average Bonchev–Trinajstić information content (AvgIpc) is 3.88. The van der Waals surface area contributed by atoms with Gasteiger partial charge < -0.3 is 37.0 Å². The van der Waals surface area contributed by atoms with Gasteiger partial charge in [-0.1, -0.05) is 79.6 Å². The molecule has 3 saturated heterocycles. The number of nitrogens with one attached hydrogen (secondary N) is 3. The maximum atomic E-state index is 14.0. The molecule has 7 amide bonds. The predicted molar refractivity (Wildman–Crippen MR) is 262 cm³/mol. The average molecular weight is 1030 g/mol. The Balaban J connectivity index is 0.00000107. The Morgan fingerprint density at radius 1 is 0.838 bits per heavy atom. The Morgan fingerprint density at radius 2 is 1.49 bits per heavy atom. The quantitative estimate of drug-likeness (QED) is 0.0697. The number of fused-ring (bicyclic) bond motifs is 2. The molecule has 0 spiro atoms. The molecule has 4 aromatic rings. The number of rotatable bonds is 16. The Labute approximate surface area is 424 Å². The molecular formula is C52H62F3N9O10. The van der Waals surface area contributed by atoms with Crippen molar-refractivity contribution in [3.63, 3.8) is 0 Å². The summed E-state index contributed by atoms with van der Waals surface area (Å²) in [5, 5.41) is 15.4. The summed E-state index contributed by atoms with van der Waals surface area (Å²) in [5.74, 6) is -4.74. The summed E-state index contributed by atoms with van der Waals surface area (Å²) >= 11 is 0. The van der Waals surface area contributed by atoms with Crippen LogP contribution in [-0.4, -0.2) is 115 Å². The van der Waals surface area contributed by atoms with E-state index in [4.69, 9.17) is 21.4 Å². The van der Waals surface area contributed by atoms with Crippen molar-refractivity contribution in [1.29, 1.82) is 0 Å². The number of benzene rings is 3. The number of piperidine rings is 1. The lowest BCUT2D eigenvalue weighted by molar-refractivity contribution is -0.192. The number of imidazole rings is 1. The van der Waals surface area contributed by atoms with E-state index in [0.717, 1.165) is 47.9 Å². The molecule has 2 unspecified atom stereocenters. The lowest BCUT2D eigenvalue weighted by Gasteiger charge is -2.38. The largest absolute Gasteiger partial charge is 0.490 e. The summed E-state index contributed by atoms with van der Waals surface area (Å²) in [6.07, 6.45) is 1.54. The van der Waals surface area contributed by atoms with Crippen LogP contribution in [0, 0.1) is 5.92 Å². The van der Waals surface area contributed by atoms with E-state index >= 15 is 0 Å². The second-order valence-corrected chi connectivity index (χ2v) is 19.6. The first-order valence-electron chi connectivity index (χ1n) is 24.9. The topological polar surface area (TPSA) is 278 Å². The van der Waals surface area contributed by atoms with E-state index in [1.165, 1.54) is 4.57 Å². The van der Waals surface area contributed by atoms with E-state index in [9.17, 15) is 51.5 Å². The molecule has 74 heavy (non-hydrogen) atoms. The number of nitrogens with two attached hydrogens (primary N) is 2. The van der Waals surface area contributed by atoms with Crippen LogP contribution >= 0.6 is 0 Å². The smallest absolute Gasteiger partial charge is 0.475 e. The number of carboxylic acid groups (broad SMARTS) is 1. The monoisotopic (exact) mass is 1030 g/mol. The molecule has 22 heteroatoms. The summed E-state index contributed by atoms with van der Waals surface area (Å²) in [6, 6.07) is 20.3. The van der Waals surface area contributed by atoms with Crippen molar-refractivity contribution in [2.45, 2.75) is 132 Å². The van der Waals surface area contributed by atoms with Crippen molar-refractivity contribution >= 4 is 58.4 Å². The predicted octanol–water partition coefficient (Wildman–Crippen LogP) is 3.58. The summed E-state index contributed by atoms with van der Waals surface area (Å²) in [7, 11) is 1.70. The van der Waals surface area contributed by atoms with Gasteiger partial charge in [-0.25, -0.2) is 9.59 Å². The van der Waals surface area contributed by atoms with E-state index in [2.05, 4.69) is 16.0 Å². The standard InChI is InChI=1S/C50H61N9O8.C2HF3O2/c1-56-41-28-33(16-19-38(41)59(50(56)67)40-21-23-43(61)54-48(40)65)34-26-30(27-34)10-8-9-15-44(62)57-25-24-35-17-20-39(58(35)49(66)36(51)29-57)47(64)53-37(18-22-42(52)60)46(63)55-45(31-11-4-2-5-12-31)32-13-6-3-7-14-32;3-2(4,5)1(6)7/h2-7,11-14,16,19,28,30,34-37,39-40,45H,8-10,15,17-18,20-27,29,51H2,1H3,(H2,52,60)(H,53,64)(H,55,63)(H,54,61,65);(H,6,7)/t30?,34?,35-,36+,37?,39+,40?;/m1./s1. The van der Waals surface area contributed by atoms with Crippen LogP contribution < -0.4 is 33.1 Å². The number of carbonyl (C=O) groups is 8. The van der Waals surface area contributed by atoms with Gasteiger partial charge in [0.15, 0.2) is 0 Å². The van der Waals surface area contributed by atoms with Crippen molar-refractivity contribution in [3.8, 4) is 0 Å². The fourth-order valence-electron chi connectivity index (χ4n) is 10.6. The first-order valence-corrected chi connectivity index (χ1v) is 24.9. The number of carbonyl (C=O) groups excluding carboxylic acids is 7. The molecule has 19 nitrogen and oxygen atoms in total. The maximum absolute atomic E-state index is 14.0. The number of primary amides is 1. The molecular weight excluding hydrogens is 968 g/mol. The number of unbranched alkanes of at least 4 members (excludes halogenated alkanes) is 1. The maximum Gasteiger partial charge on any atom is 0.490 e. The third-order valence-electron chi connectivity index (χ3n) is 14.6. The minimum atomic E-state index is -5.08. The van der Waals surface area contributed by atoms with E-state index < -0.39 is 71.9 Å². The molecule has 5 atom stereocenters. The van der Waals surface area contributed by atoms with Crippen LogP contribution in [0.25, 0.3) is 11.0 Å². The fraction of sp³-hybridized carbons (Fsp3) is 0.481. The highest BCUT2D eigenvalue weighted by molar-refractivity contribution is 6.00. The Bertz CT molecular complexity index is 2760. The van der Waals surface area contributed by atoms with Gasteiger partial charge in [-0.2, -0.15) is 13.2 Å². The van der Waals surface area contributed by atoms with Gasteiger partial charge in [0, 0.05) is 45.4 Å². The number of imide groups is 1. The van der Waals surface area contributed by atoms with Crippen LogP contribution in [0.4, 0.5) is 13.2 Å². The Morgan fingerprint density at radius 3 is 2.09 bits per heavy atom. The molecule has 1 saturated carbocycles. The van der Waals surface area contributed by atoms with E-state index in [-0.39, 0.29) is 55.8 Å². The van der Waals surface area contributed by atoms with Crippen molar-refractivity contribution in [3.05, 3.63) is 106 Å². The summed E-state index contributed by atoms with van der Waals surface area (Å²) in [4.78, 5) is 117. The number of aliphatic carboxylic acids is 1. The van der Waals surface area contributed by atoms with Gasteiger partial charge in [0.05, 0.1) is 17.1 Å². The van der Waals surface area contributed by atoms with Gasteiger partial charge in [0.1, 0.15) is 24.2 Å². The van der Waals surface area contributed by atoms with Crippen LogP contribution in [0.5, 0.6) is 0 Å². The molecule has 3 aliphatic heterocycles. The Hall–Kier alpha value is -7.36. The number of aryl methyl sites for hydroxylation is 1. The van der Waals surface area contributed by atoms with Crippen LogP contribution in [0.15, 0.2) is 83.7 Å². The molecule has 4 fully saturated rings.